The van der Waals surface area contributed by atoms with E-state index in [1.54, 1.807) is 19.1 Å². The fourth-order valence-electron chi connectivity index (χ4n) is 3.83. The Morgan fingerprint density at radius 1 is 1.07 bits per heavy atom. The standard InChI is InChI=1S/C24H27F3N2O/c1-15(2)13-23(4,28)14-30-22-10-9-17(12-20(22)24(25,26)27)19-11-16(3)29-21-8-6-5-7-18(19)21/h5-12,15H,13-14,28H2,1-4H3. The van der Waals surface area contributed by atoms with Crippen molar-refractivity contribution in [2.45, 2.75) is 45.8 Å². The first-order valence-corrected chi connectivity index (χ1v) is 9.96. The molecule has 6 heteroatoms. The van der Waals surface area contributed by atoms with Gasteiger partial charge in [-0.05, 0) is 61.6 Å². The Hall–Kier alpha value is -2.60. The number of halogens is 3. The van der Waals surface area contributed by atoms with Gasteiger partial charge in [-0.3, -0.25) is 4.98 Å². The predicted octanol–water partition coefficient (Wildman–Crippen LogP) is 6.37. The monoisotopic (exact) mass is 416 g/mol. The van der Waals surface area contributed by atoms with Crippen LogP contribution in [0.4, 0.5) is 13.2 Å². The molecule has 2 aromatic carbocycles. The van der Waals surface area contributed by atoms with Crippen molar-refractivity contribution in [1.82, 2.24) is 4.98 Å². The first-order chi connectivity index (χ1) is 14.0. The third-order valence-electron chi connectivity index (χ3n) is 4.87. The number of rotatable bonds is 6. The van der Waals surface area contributed by atoms with Crippen LogP contribution in [0.1, 0.15) is 38.4 Å². The molecule has 1 aromatic heterocycles. The lowest BCUT2D eigenvalue weighted by atomic mass is 9.92. The van der Waals surface area contributed by atoms with Crippen LogP contribution in [0, 0.1) is 12.8 Å². The molecule has 1 heterocycles. The number of pyridine rings is 1. The van der Waals surface area contributed by atoms with Gasteiger partial charge in [0, 0.05) is 16.6 Å². The Balaban J connectivity index is 2.03. The molecule has 0 fully saturated rings. The highest BCUT2D eigenvalue weighted by Gasteiger charge is 2.35. The minimum Gasteiger partial charge on any atom is -0.491 e. The van der Waals surface area contributed by atoms with Gasteiger partial charge < -0.3 is 10.5 Å². The van der Waals surface area contributed by atoms with Crippen LogP contribution < -0.4 is 10.5 Å². The van der Waals surface area contributed by atoms with E-state index in [1.807, 2.05) is 45.0 Å². The second-order valence-electron chi connectivity index (χ2n) is 8.58. The first-order valence-electron chi connectivity index (χ1n) is 9.96. The van der Waals surface area contributed by atoms with Crippen LogP contribution in [0.5, 0.6) is 5.75 Å². The lowest BCUT2D eigenvalue weighted by Gasteiger charge is -2.27. The first kappa shape index (κ1) is 22.1. The van der Waals surface area contributed by atoms with Crippen molar-refractivity contribution in [2.75, 3.05) is 6.61 Å². The number of fused-ring (bicyclic) bond motifs is 1. The van der Waals surface area contributed by atoms with Gasteiger partial charge >= 0.3 is 6.18 Å². The summed E-state index contributed by atoms with van der Waals surface area (Å²) in [6.07, 6.45) is -3.90. The molecule has 0 saturated carbocycles. The summed E-state index contributed by atoms with van der Waals surface area (Å²) in [6, 6.07) is 13.4. The number of benzene rings is 2. The second-order valence-corrected chi connectivity index (χ2v) is 8.58. The van der Waals surface area contributed by atoms with Gasteiger partial charge in [0.05, 0.1) is 11.1 Å². The van der Waals surface area contributed by atoms with Crippen molar-refractivity contribution in [3.63, 3.8) is 0 Å². The fraction of sp³-hybridized carbons (Fsp3) is 0.375. The molecule has 30 heavy (non-hydrogen) atoms. The van der Waals surface area contributed by atoms with Gasteiger partial charge in [0.15, 0.2) is 0 Å². The molecule has 1 atom stereocenters. The third kappa shape index (κ3) is 5.11. The maximum atomic E-state index is 13.8. The van der Waals surface area contributed by atoms with Crippen LogP contribution in [0.25, 0.3) is 22.0 Å². The summed E-state index contributed by atoms with van der Waals surface area (Å²) >= 11 is 0. The van der Waals surface area contributed by atoms with Gasteiger partial charge in [-0.2, -0.15) is 13.2 Å². The largest absolute Gasteiger partial charge is 0.491 e. The SMILES string of the molecule is Cc1cc(-c2ccc(OCC(C)(N)CC(C)C)c(C(F)(F)F)c2)c2ccccc2n1. The van der Waals surface area contributed by atoms with E-state index in [0.717, 1.165) is 22.7 Å². The maximum Gasteiger partial charge on any atom is 0.419 e. The number of para-hydroxylation sites is 1. The highest BCUT2D eigenvalue weighted by atomic mass is 19.4. The molecule has 3 rings (SSSR count). The Labute approximate surface area is 175 Å². The zero-order chi connectivity index (χ0) is 22.1. The highest BCUT2D eigenvalue weighted by Crippen LogP contribution is 2.40. The Bertz CT molecular complexity index is 1040. The van der Waals surface area contributed by atoms with Crippen molar-refractivity contribution in [3.05, 3.63) is 59.8 Å². The van der Waals surface area contributed by atoms with Gasteiger partial charge in [0.1, 0.15) is 12.4 Å². The van der Waals surface area contributed by atoms with Gasteiger partial charge in [0.25, 0.3) is 0 Å². The van der Waals surface area contributed by atoms with Crippen molar-refractivity contribution >= 4 is 10.9 Å². The molecular formula is C24H27F3N2O. The molecule has 0 aliphatic carbocycles. The number of ether oxygens (including phenoxy) is 1. The smallest absolute Gasteiger partial charge is 0.419 e. The van der Waals surface area contributed by atoms with E-state index >= 15 is 0 Å². The number of aromatic nitrogens is 1. The number of hydrogen-bond donors (Lipinski definition) is 1. The average Bonchev–Trinajstić information content (AvgIpc) is 2.64. The lowest BCUT2D eigenvalue weighted by molar-refractivity contribution is -0.139. The van der Waals surface area contributed by atoms with E-state index < -0.39 is 17.3 Å². The Kier molecular flexibility index (Phi) is 6.09. The summed E-state index contributed by atoms with van der Waals surface area (Å²) in [5, 5.41) is 0.802. The van der Waals surface area contributed by atoms with Crippen LogP contribution >= 0.6 is 0 Å². The molecule has 3 aromatic rings. The van der Waals surface area contributed by atoms with Gasteiger partial charge in [-0.25, -0.2) is 0 Å². The van der Waals surface area contributed by atoms with E-state index in [-0.39, 0.29) is 12.4 Å². The van der Waals surface area contributed by atoms with Crippen LogP contribution in [0.15, 0.2) is 48.5 Å². The fourth-order valence-corrected chi connectivity index (χ4v) is 3.83. The van der Waals surface area contributed by atoms with E-state index in [0.29, 0.717) is 23.5 Å². The van der Waals surface area contributed by atoms with Crippen molar-refractivity contribution in [2.24, 2.45) is 11.7 Å². The molecule has 0 saturated heterocycles. The molecule has 1 unspecified atom stereocenters. The minimum atomic E-state index is -4.55. The van der Waals surface area contributed by atoms with E-state index in [2.05, 4.69) is 4.98 Å². The summed E-state index contributed by atoms with van der Waals surface area (Å²) < 4.78 is 47.1. The highest BCUT2D eigenvalue weighted by molar-refractivity contribution is 5.94. The second kappa shape index (κ2) is 8.26. The summed E-state index contributed by atoms with van der Waals surface area (Å²) in [6.45, 7) is 7.66. The molecule has 3 nitrogen and oxygen atoms in total. The molecule has 0 aliphatic heterocycles. The van der Waals surface area contributed by atoms with Crippen molar-refractivity contribution in [3.8, 4) is 16.9 Å². The maximum absolute atomic E-state index is 13.8. The summed E-state index contributed by atoms with van der Waals surface area (Å²) in [7, 11) is 0. The zero-order valence-electron chi connectivity index (χ0n) is 17.7. The van der Waals surface area contributed by atoms with E-state index in [9.17, 15) is 13.2 Å². The molecular weight excluding hydrogens is 389 g/mol. The number of nitrogens with zero attached hydrogens (tertiary/aromatic N) is 1. The zero-order valence-corrected chi connectivity index (χ0v) is 17.7. The van der Waals surface area contributed by atoms with Crippen LogP contribution in [-0.4, -0.2) is 17.1 Å². The van der Waals surface area contributed by atoms with Gasteiger partial charge in [0.2, 0.25) is 0 Å². The minimum absolute atomic E-state index is 0.00486. The summed E-state index contributed by atoms with van der Waals surface area (Å²) in [5.41, 5.74) is 7.35. The van der Waals surface area contributed by atoms with Gasteiger partial charge in [-0.1, -0.05) is 38.1 Å². The Morgan fingerprint density at radius 2 is 1.77 bits per heavy atom. The molecule has 0 spiro atoms. The number of alkyl halides is 3. The van der Waals surface area contributed by atoms with Crippen LogP contribution in [0.2, 0.25) is 0 Å². The van der Waals surface area contributed by atoms with Crippen molar-refractivity contribution < 1.29 is 17.9 Å². The van der Waals surface area contributed by atoms with Crippen LogP contribution in [0.3, 0.4) is 0 Å². The summed E-state index contributed by atoms with van der Waals surface area (Å²) in [4.78, 5) is 4.47. The Morgan fingerprint density at radius 3 is 2.43 bits per heavy atom. The molecule has 160 valence electrons. The van der Waals surface area contributed by atoms with E-state index in [4.69, 9.17) is 10.5 Å². The molecule has 0 bridgehead atoms. The van der Waals surface area contributed by atoms with Gasteiger partial charge in [-0.15, -0.1) is 0 Å². The number of nitrogens with two attached hydrogens (primary N) is 1. The normalized spacial score (nSPS) is 14.2. The predicted molar refractivity (Wildman–Crippen MR) is 114 cm³/mol. The average molecular weight is 416 g/mol. The third-order valence-corrected chi connectivity index (χ3v) is 4.87. The summed E-state index contributed by atoms with van der Waals surface area (Å²) in [5.74, 6) is 0.109. The van der Waals surface area contributed by atoms with E-state index in [1.165, 1.54) is 6.07 Å². The quantitative estimate of drug-likeness (QED) is 0.508. The molecule has 0 amide bonds. The van der Waals surface area contributed by atoms with Crippen LogP contribution in [-0.2, 0) is 6.18 Å². The molecule has 0 radical (unpaired) electrons. The topological polar surface area (TPSA) is 48.1 Å². The molecule has 2 N–H and O–H groups in total. The lowest BCUT2D eigenvalue weighted by Crippen LogP contribution is -2.43. The molecule has 0 aliphatic rings. The number of aryl methyl sites for hydroxylation is 1. The van der Waals surface area contributed by atoms with Crippen molar-refractivity contribution in [1.29, 1.82) is 0 Å². The number of hydrogen-bond acceptors (Lipinski definition) is 3.